The number of aldehydes is 1. The Morgan fingerprint density at radius 1 is 1.27 bits per heavy atom. The Kier molecular flexibility index (Phi) is 7.52. The topological polar surface area (TPSA) is 69.7 Å². The molecule has 0 aliphatic carbocycles. The van der Waals surface area contributed by atoms with E-state index in [0.29, 0.717) is 6.29 Å². The van der Waals surface area contributed by atoms with Crippen molar-refractivity contribution in [3.05, 3.63) is 0 Å². The van der Waals surface area contributed by atoms with E-state index in [4.69, 9.17) is 6.17 Å². The van der Waals surface area contributed by atoms with Gasteiger partial charge in [0.1, 0.15) is 6.29 Å². The van der Waals surface area contributed by atoms with E-state index in [1.54, 1.807) is 0 Å². The molecule has 0 heterocycles. The highest BCUT2D eigenvalue weighted by Crippen LogP contribution is 1.78. The fourth-order valence-electron chi connectivity index (χ4n) is 0.117. The van der Waals surface area contributed by atoms with Gasteiger partial charge in [-0.2, -0.15) is 0 Å². The molecule has 0 saturated heterocycles. The molecule has 0 aromatic rings. The minimum atomic E-state index is -0.639. The average molecular weight is 163 g/mol. The van der Waals surface area contributed by atoms with Crippen LogP contribution in [0.15, 0.2) is 0 Å². The minimum Gasteiger partial charge on any atom is -0.304 e. The Hall–Kier alpha value is -1.39. The van der Waals surface area contributed by atoms with E-state index in [1.807, 2.05) is 0 Å². The summed E-state index contributed by atoms with van der Waals surface area (Å²) in [5, 5.41) is 0. The van der Waals surface area contributed by atoms with Gasteiger partial charge in [0.25, 0.3) is 0 Å². The van der Waals surface area contributed by atoms with Crippen LogP contribution in [0.2, 0.25) is 0 Å². The summed E-state index contributed by atoms with van der Waals surface area (Å²) >= 11 is 0. The first-order valence-electron chi connectivity index (χ1n) is 3.33. The molecular weight excluding hydrogens is 152 g/mol. The average Bonchev–Trinajstić information content (AvgIpc) is 2.01. The number of carbonyl (C=O) groups is 3. The molecule has 0 aromatic carbocycles. The Morgan fingerprint density at radius 2 is 1.55 bits per heavy atom. The fourth-order valence-corrected chi connectivity index (χ4v) is 0.117. The second-order valence-electron chi connectivity index (χ2n) is 1.32. The molecule has 0 fully saturated rings. The van der Waals surface area contributed by atoms with Crippen LogP contribution in [0.25, 0.3) is 0 Å². The predicted molar refractivity (Wildman–Crippen MR) is 35.3 cm³/mol. The van der Waals surface area contributed by atoms with Crippen LogP contribution >= 0.6 is 0 Å². The molecule has 0 aliphatic heterocycles. The lowest BCUT2D eigenvalue weighted by Crippen LogP contribution is -2.03. The van der Waals surface area contributed by atoms with Crippen LogP contribution in [0.4, 0.5) is 0 Å². The van der Waals surface area contributed by atoms with Gasteiger partial charge >= 0.3 is 11.9 Å². The van der Waals surface area contributed by atoms with E-state index < -0.39 is 11.9 Å². The van der Waals surface area contributed by atoms with E-state index >= 15 is 0 Å². The van der Waals surface area contributed by atoms with Gasteiger partial charge in [-0.25, -0.2) is 19.4 Å². The van der Waals surface area contributed by atoms with Crippen molar-refractivity contribution in [3.63, 3.8) is 0 Å². The molecule has 0 N–H and O–H groups in total. The SMILES string of the molecule is CC(=O)OOC(C)=O.[2H]CC=O. The molecule has 0 unspecified atom stereocenters. The molecule has 11 heavy (non-hydrogen) atoms. The van der Waals surface area contributed by atoms with Gasteiger partial charge in [-0.15, -0.1) is 0 Å². The van der Waals surface area contributed by atoms with E-state index in [-0.39, 0.29) is 6.90 Å². The summed E-state index contributed by atoms with van der Waals surface area (Å²) in [4.78, 5) is 36.3. The van der Waals surface area contributed by atoms with Crippen LogP contribution in [0.3, 0.4) is 0 Å². The summed E-state index contributed by atoms with van der Waals surface area (Å²) in [6.45, 7) is 2.17. The zero-order valence-corrected chi connectivity index (χ0v) is 6.33. The summed E-state index contributed by atoms with van der Waals surface area (Å²) in [6, 6.07) is 0. The van der Waals surface area contributed by atoms with Crippen molar-refractivity contribution in [2.75, 3.05) is 0 Å². The third-order valence-electron chi connectivity index (χ3n) is 0.276. The van der Waals surface area contributed by atoms with Crippen LogP contribution < -0.4 is 0 Å². The van der Waals surface area contributed by atoms with Gasteiger partial charge < -0.3 is 4.79 Å². The first-order chi connectivity index (χ1) is 5.54. The van der Waals surface area contributed by atoms with Crippen LogP contribution in [0, 0.1) is 0 Å². The van der Waals surface area contributed by atoms with Crippen molar-refractivity contribution in [3.8, 4) is 0 Å². The molecule has 0 radical (unpaired) electrons. The Bertz CT molecular complexity index is 142. The third-order valence-corrected chi connectivity index (χ3v) is 0.276. The van der Waals surface area contributed by atoms with Crippen LogP contribution in [-0.2, 0) is 24.2 Å². The summed E-state index contributed by atoms with van der Waals surface area (Å²) in [5.41, 5.74) is 0. The number of hydrogen-bond acceptors (Lipinski definition) is 5. The highest BCUT2D eigenvalue weighted by atomic mass is 17.2. The highest BCUT2D eigenvalue weighted by Gasteiger charge is 1.95. The zero-order chi connectivity index (χ0) is 9.98. The summed E-state index contributed by atoms with van der Waals surface area (Å²) in [5.74, 6) is -1.28. The monoisotopic (exact) mass is 163 g/mol. The molecule has 0 aliphatic rings. The molecule has 5 nitrogen and oxygen atoms in total. The maximum Gasteiger partial charge on any atom is 0.352 e. The molecule has 0 saturated carbocycles. The summed E-state index contributed by atoms with van der Waals surface area (Å²) < 4.78 is 6.08. The van der Waals surface area contributed by atoms with E-state index in [0.717, 1.165) is 13.8 Å². The molecule has 5 heteroatoms. The summed E-state index contributed by atoms with van der Waals surface area (Å²) in [6.07, 6.45) is 0.542. The van der Waals surface area contributed by atoms with E-state index in [2.05, 4.69) is 9.78 Å². The molecule has 0 rings (SSSR count). The second-order valence-corrected chi connectivity index (χ2v) is 1.32. The summed E-state index contributed by atoms with van der Waals surface area (Å²) in [7, 11) is 0. The van der Waals surface area contributed by atoms with Crippen LogP contribution in [-0.4, -0.2) is 18.2 Å². The van der Waals surface area contributed by atoms with Gasteiger partial charge in [-0.3, -0.25) is 0 Å². The lowest BCUT2D eigenvalue weighted by Gasteiger charge is -1.93. The molecule has 0 atom stereocenters. The van der Waals surface area contributed by atoms with Gasteiger partial charge in [-0.1, -0.05) is 0 Å². The number of rotatable bonds is 0. The Labute approximate surface area is 65.6 Å². The first kappa shape index (κ1) is 9.61. The van der Waals surface area contributed by atoms with Crippen molar-refractivity contribution < 1.29 is 25.5 Å². The molecule has 64 valence electrons. The molecule has 0 spiro atoms. The second kappa shape index (κ2) is 8.61. The van der Waals surface area contributed by atoms with Crippen LogP contribution in [0.1, 0.15) is 22.1 Å². The number of hydrogen-bond donors (Lipinski definition) is 0. The normalized spacial score (nSPS) is 8.00. The molecule has 0 bridgehead atoms. The van der Waals surface area contributed by atoms with Gasteiger partial charge in [0.2, 0.25) is 0 Å². The van der Waals surface area contributed by atoms with Gasteiger partial charge in [-0.05, 0) is 6.90 Å². The predicted octanol–water partition coefficient (Wildman–Crippen LogP) is 0.233. The quantitative estimate of drug-likeness (QED) is 0.290. The molecule has 0 amide bonds. The minimum absolute atomic E-state index is 0.111. The van der Waals surface area contributed by atoms with Gasteiger partial charge in [0.05, 0.1) is 0 Å². The van der Waals surface area contributed by atoms with Gasteiger partial charge in [0, 0.05) is 15.2 Å². The maximum absolute atomic E-state index is 9.85. The largest absolute Gasteiger partial charge is 0.352 e. The number of carbonyl (C=O) groups excluding carboxylic acids is 3. The smallest absolute Gasteiger partial charge is 0.304 e. The fraction of sp³-hybridized carbons (Fsp3) is 0.500. The lowest BCUT2D eigenvalue weighted by atomic mass is 10.8. The van der Waals surface area contributed by atoms with Crippen molar-refractivity contribution in [1.82, 2.24) is 0 Å². The third kappa shape index (κ3) is 28.9. The highest BCUT2D eigenvalue weighted by molar-refractivity contribution is 5.69. The van der Waals surface area contributed by atoms with Crippen molar-refractivity contribution in [2.45, 2.75) is 20.7 Å². The molecular formula is C6H10O5. The Morgan fingerprint density at radius 3 is 1.64 bits per heavy atom. The first-order valence-corrected chi connectivity index (χ1v) is 2.63. The van der Waals surface area contributed by atoms with Crippen molar-refractivity contribution in [1.29, 1.82) is 0 Å². The van der Waals surface area contributed by atoms with Crippen molar-refractivity contribution >= 4 is 18.2 Å². The van der Waals surface area contributed by atoms with E-state index in [1.165, 1.54) is 0 Å². The Balaban J connectivity index is 0. The van der Waals surface area contributed by atoms with Crippen LogP contribution in [0.5, 0.6) is 0 Å². The lowest BCUT2D eigenvalue weighted by molar-refractivity contribution is -0.255. The molecule has 0 aromatic heterocycles. The van der Waals surface area contributed by atoms with E-state index in [9.17, 15) is 9.59 Å². The van der Waals surface area contributed by atoms with Gasteiger partial charge in [0.15, 0.2) is 0 Å². The van der Waals surface area contributed by atoms with Crippen molar-refractivity contribution in [2.24, 2.45) is 0 Å². The maximum atomic E-state index is 9.85. The standard InChI is InChI=1S/C4H6O4.C2H4O/c1-3(5)7-8-4(2)6;1-2-3/h1-2H3;2H,1H3/i;1D. The zero-order valence-electron chi connectivity index (χ0n) is 7.33.